The molecular formula is C20H16Cl2N2O3. The first-order valence-electron chi connectivity index (χ1n) is 8.21. The van der Waals surface area contributed by atoms with Crippen LogP contribution in [0.1, 0.15) is 29.0 Å². The molecule has 0 saturated heterocycles. The molecule has 7 heteroatoms. The predicted octanol–water partition coefficient (Wildman–Crippen LogP) is 4.58. The van der Waals surface area contributed by atoms with Crippen LogP contribution < -0.4 is 5.32 Å². The fraction of sp³-hybridized carbons (Fsp3) is 0.150. The fourth-order valence-electron chi connectivity index (χ4n) is 2.53. The van der Waals surface area contributed by atoms with Crippen LogP contribution in [0.3, 0.4) is 0 Å². The molecule has 0 aliphatic carbocycles. The number of nitrogens with zero attached hydrogens (tertiary/aromatic N) is 1. The molecule has 0 saturated carbocycles. The highest BCUT2D eigenvalue weighted by atomic mass is 35.5. The summed E-state index contributed by atoms with van der Waals surface area (Å²) in [7, 11) is 0. The molecule has 138 valence electrons. The molecule has 1 aromatic heterocycles. The zero-order valence-corrected chi connectivity index (χ0v) is 15.9. The van der Waals surface area contributed by atoms with E-state index in [9.17, 15) is 9.59 Å². The average Bonchev–Trinajstić information content (AvgIpc) is 2.67. The number of pyridine rings is 1. The summed E-state index contributed by atoms with van der Waals surface area (Å²) in [5.74, 6) is -1.08. The van der Waals surface area contributed by atoms with Crippen LogP contribution in [0.5, 0.6) is 0 Å². The molecule has 1 atom stereocenters. The predicted molar refractivity (Wildman–Crippen MR) is 105 cm³/mol. The number of benzene rings is 2. The first-order chi connectivity index (χ1) is 12.9. The van der Waals surface area contributed by atoms with Crippen molar-refractivity contribution in [3.63, 3.8) is 0 Å². The second-order valence-corrected chi connectivity index (χ2v) is 6.74. The number of fused-ring (bicyclic) bond motifs is 1. The summed E-state index contributed by atoms with van der Waals surface area (Å²) in [6.07, 6.45) is 0. The van der Waals surface area contributed by atoms with Crippen LogP contribution >= 0.6 is 23.2 Å². The van der Waals surface area contributed by atoms with E-state index in [1.54, 1.807) is 43.3 Å². The smallest absolute Gasteiger partial charge is 0.357 e. The summed E-state index contributed by atoms with van der Waals surface area (Å²) in [6, 6.07) is 15.6. The van der Waals surface area contributed by atoms with Gasteiger partial charge in [-0.15, -0.1) is 0 Å². The van der Waals surface area contributed by atoms with Gasteiger partial charge in [-0.1, -0.05) is 53.5 Å². The SMILES string of the molecule is C[C@@H](NC(=O)COC(=O)c1ccc2ccccc2n1)c1ccc(Cl)c(Cl)c1. The number of halogens is 2. The van der Waals surface area contributed by atoms with Gasteiger partial charge in [0.15, 0.2) is 6.61 Å². The number of aromatic nitrogens is 1. The topological polar surface area (TPSA) is 68.3 Å². The Morgan fingerprint density at radius 3 is 2.63 bits per heavy atom. The zero-order chi connectivity index (χ0) is 19.4. The van der Waals surface area contributed by atoms with Gasteiger partial charge in [-0.3, -0.25) is 4.79 Å². The van der Waals surface area contributed by atoms with E-state index in [4.69, 9.17) is 27.9 Å². The van der Waals surface area contributed by atoms with E-state index in [0.717, 1.165) is 10.9 Å². The van der Waals surface area contributed by atoms with Crippen molar-refractivity contribution in [2.45, 2.75) is 13.0 Å². The second-order valence-electron chi connectivity index (χ2n) is 5.93. The van der Waals surface area contributed by atoms with Crippen molar-refractivity contribution in [2.24, 2.45) is 0 Å². The lowest BCUT2D eigenvalue weighted by atomic mass is 10.1. The quantitative estimate of drug-likeness (QED) is 0.634. The van der Waals surface area contributed by atoms with Gasteiger partial charge in [0.1, 0.15) is 5.69 Å². The summed E-state index contributed by atoms with van der Waals surface area (Å²) in [5.41, 5.74) is 1.63. The normalized spacial score (nSPS) is 11.8. The van der Waals surface area contributed by atoms with Crippen LogP contribution in [-0.4, -0.2) is 23.5 Å². The molecule has 0 fully saturated rings. The van der Waals surface area contributed by atoms with Gasteiger partial charge in [-0.25, -0.2) is 9.78 Å². The van der Waals surface area contributed by atoms with Crippen molar-refractivity contribution in [2.75, 3.05) is 6.61 Å². The molecule has 0 aliphatic rings. The first-order valence-corrected chi connectivity index (χ1v) is 8.97. The minimum atomic E-state index is -0.655. The van der Waals surface area contributed by atoms with Gasteiger partial charge in [-0.05, 0) is 36.8 Å². The lowest BCUT2D eigenvalue weighted by Gasteiger charge is -2.15. The lowest BCUT2D eigenvalue weighted by molar-refractivity contribution is -0.124. The van der Waals surface area contributed by atoms with Crippen molar-refractivity contribution < 1.29 is 14.3 Å². The minimum Gasteiger partial charge on any atom is -0.451 e. The van der Waals surface area contributed by atoms with Crippen LogP contribution in [0.4, 0.5) is 0 Å². The maximum Gasteiger partial charge on any atom is 0.357 e. The van der Waals surface area contributed by atoms with E-state index in [1.807, 2.05) is 18.2 Å². The number of nitrogens with one attached hydrogen (secondary N) is 1. The molecule has 27 heavy (non-hydrogen) atoms. The number of carbonyl (C=O) groups excluding carboxylic acids is 2. The number of ether oxygens (including phenoxy) is 1. The number of hydrogen-bond donors (Lipinski definition) is 1. The Hall–Kier alpha value is -2.63. The number of amides is 1. The highest BCUT2D eigenvalue weighted by Crippen LogP contribution is 2.25. The molecule has 2 aromatic carbocycles. The number of rotatable bonds is 5. The maximum absolute atomic E-state index is 12.1. The zero-order valence-electron chi connectivity index (χ0n) is 14.4. The van der Waals surface area contributed by atoms with Gasteiger partial charge in [0.05, 0.1) is 21.6 Å². The van der Waals surface area contributed by atoms with Gasteiger partial charge in [0.2, 0.25) is 0 Å². The van der Waals surface area contributed by atoms with Gasteiger partial charge in [-0.2, -0.15) is 0 Å². The summed E-state index contributed by atoms with van der Waals surface area (Å²) < 4.78 is 5.06. The van der Waals surface area contributed by atoms with E-state index in [0.29, 0.717) is 15.6 Å². The first kappa shape index (κ1) is 19.1. The number of para-hydroxylation sites is 1. The fourth-order valence-corrected chi connectivity index (χ4v) is 2.84. The van der Waals surface area contributed by atoms with Crippen LogP contribution in [0.15, 0.2) is 54.6 Å². The summed E-state index contributed by atoms with van der Waals surface area (Å²) in [5, 5.41) is 4.51. The molecule has 0 radical (unpaired) electrons. The molecule has 0 bridgehead atoms. The van der Waals surface area contributed by atoms with E-state index in [-0.39, 0.29) is 11.7 Å². The van der Waals surface area contributed by atoms with E-state index >= 15 is 0 Å². The highest BCUT2D eigenvalue weighted by molar-refractivity contribution is 6.42. The van der Waals surface area contributed by atoms with Crippen LogP contribution in [0, 0.1) is 0 Å². The van der Waals surface area contributed by atoms with Gasteiger partial charge < -0.3 is 10.1 Å². The molecule has 0 unspecified atom stereocenters. The molecule has 3 rings (SSSR count). The average molecular weight is 403 g/mol. The van der Waals surface area contributed by atoms with Gasteiger partial charge in [0, 0.05) is 5.39 Å². The van der Waals surface area contributed by atoms with Crippen molar-refractivity contribution in [1.82, 2.24) is 10.3 Å². The van der Waals surface area contributed by atoms with Crippen molar-refractivity contribution in [1.29, 1.82) is 0 Å². The third-order valence-corrected chi connectivity index (χ3v) is 4.70. The van der Waals surface area contributed by atoms with Crippen LogP contribution in [0.2, 0.25) is 10.0 Å². The van der Waals surface area contributed by atoms with Crippen molar-refractivity contribution in [3.8, 4) is 0 Å². The van der Waals surface area contributed by atoms with E-state index < -0.39 is 18.5 Å². The Morgan fingerprint density at radius 1 is 1.07 bits per heavy atom. The Labute approximate surface area is 166 Å². The maximum atomic E-state index is 12.1. The van der Waals surface area contributed by atoms with Crippen LogP contribution in [-0.2, 0) is 9.53 Å². The third-order valence-electron chi connectivity index (χ3n) is 3.96. The summed E-state index contributed by atoms with van der Waals surface area (Å²) >= 11 is 11.9. The highest BCUT2D eigenvalue weighted by Gasteiger charge is 2.15. The van der Waals surface area contributed by atoms with Gasteiger partial charge in [0.25, 0.3) is 5.91 Å². The third kappa shape index (κ3) is 4.76. The van der Waals surface area contributed by atoms with E-state index in [2.05, 4.69) is 10.3 Å². The molecule has 1 heterocycles. The van der Waals surface area contributed by atoms with Gasteiger partial charge >= 0.3 is 5.97 Å². The Bertz CT molecular complexity index is 1010. The molecular weight excluding hydrogens is 387 g/mol. The Kier molecular flexibility index (Phi) is 5.94. The van der Waals surface area contributed by atoms with E-state index in [1.165, 1.54) is 0 Å². The molecule has 0 aliphatic heterocycles. The monoisotopic (exact) mass is 402 g/mol. The second kappa shape index (κ2) is 8.37. The largest absolute Gasteiger partial charge is 0.451 e. The summed E-state index contributed by atoms with van der Waals surface area (Å²) in [4.78, 5) is 28.4. The number of hydrogen-bond acceptors (Lipinski definition) is 4. The molecule has 5 nitrogen and oxygen atoms in total. The van der Waals surface area contributed by atoms with Crippen molar-refractivity contribution >= 4 is 46.0 Å². The number of esters is 1. The molecule has 0 spiro atoms. The summed E-state index contributed by atoms with van der Waals surface area (Å²) in [6.45, 7) is 1.39. The Balaban J connectivity index is 1.57. The van der Waals surface area contributed by atoms with Crippen molar-refractivity contribution in [3.05, 3.63) is 75.9 Å². The molecule has 1 amide bonds. The Morgan fingerprint density at radius 2 is 1.85 bits per heavy atom. The standard InChI is InChI=1S/C20H16Cl2N2O3/c1-12(14-6-8-15(21)16(22)10-14)23-19(25)11-27-20(26)18-9-7-13-4-2-3-5-17(13)24-18/h2-10,12H,11H2,1H3,(H,23,25)/t12-/m1/s1. The van der Waals surface area contributed by atoms with Crippen LogP contribution in [0.25, 0.3) is 10.9 Å². The molecule has 1 N–H and O–H groups in total. The molecule has 3 aromatic rings. The minimum absolute atomic E-state index is 0.152. The lowest BCUT2D eigenvalue weighted by Crippen LogP contribution is -2.31. The number of carbonyl (C=O) groups is 2.